The van der Waals surface area contributed by atoms with Gasteiger partial charge in [-0.2, -0.15) is 0 Å². The predicted molar refractivity (Wildman–Crippen MR) is 127 cm³/mol. The lowest BCUT2D eigenvalue weighted by atomic mass is 9.94. The van der Waals surface area contributed by atoms with Crippen LogP contribution in [0, 0.1) is 6.92 Å². The lowest BCUT2D eigenvalue weighted by Crippen LogP contribution is -2.47. The van der Waals surface area contributed by atoms with Gasteiger partial charge in [0, 0.05) is 0 Å². The molecule has 0 unspecified atom stereocenters. The van der Waals surface area contributed by atoms with Gasteiger partial charge in [-0.25, -0.2) is 0 Å². The normalized spacial score (nSPS) is 15.2. The van der Waals surface area contributed by atoms with E-state index in [0.29, 0.717) is 0 Å². The van der Waals surface area contributed by atoms with Crippen molar-refractivity contribution in [1.82, 2.24) is 0 Å². The summed E-state index contributed by atoms with van der Waals surface area (Å²) in [6, 6.07) is 4.21. The van der Waals surface area contributed by atoms with Crippen LogP contribution in [0.25, 0.3) is 0 Å². The Morgan fingerprint density at radius 1 is 0.519 bits per heavy atom. The van der Waals surface area contributed by atoms with Gasteiger partial charge in [0.15, 0.2) is 8.67 Å². The maximum absolute atomic E-state index is 6.35. The first-order chi connectivity index (χ1) is 11.6. The SMILES string of the molecule is [CH2]c1c(C(Cl)(Cl)C(Cl)(Cl)C(Cl)(Cl)Cl)cccc1C(Cl)(Cl)C(Cl)(Cl)C(Cl)(Cl)Cl. The van der Waals surface area contributed by atoms with Gasteiger partial charge in [-0.15, -0.1) is 0 Å². The van der Waals surface area contributed by atoms with Gasteiger partial charge < -0.3 is 0 Å². The fourth-order valence-corrected chi connectivity index (χ4v) is 4.98. The molecule has 1 aromatic rings. The minimum Gasteiger partial charge on any atom is -0.0930 e. The minimum atomic E-state index is -2.34. The van der Waals surface area contributed by atoms with Crippen LogP contribution in [0.3, 0.4) is 0 Å². The molecule has 0 nitrogen and oxygen atoms in total. The summed E-state index contributed by atoms with van der Waals surface area (Å²) in [6.07, 6.45) is 0. The number of hydrogen-bond acceptors (Lipinski definition) is 0. The van der Waals surface area contributed by atoms with Crippen LogP contribution in [0.5, 0.6) is 0 Å². The molecule has 0 aromatic heterocycles. The monoisotopic (exact) mass is 651 g/mol. The van der Waals surface area contributed by atoms with Crippen molar-refractivity contribution in [2.24, 2.45) is 0 Å². The van der Waals surface area contributed by atoms with E-state index in [0.717, 1.165) is 0 Å². The molecule has 0 aliphatic rings. The maximum atomic E-state index is 6.35. The lowest BCUT2D eigenvalue weighted by molar-refractivity contribution is 0.677. The average Bonchev–Trinajstić information content (AvgIpc) is 2.44. The van der Waals surface area contributed by atoms with E-state index in [1.807, 2.05) is 0 Å². The zero-order chi connectivity index (χ0) is 21.9. The van der Waals surface area contributed by atoms with E-state index >= 15 is 0 Å². The Morgan fingerprint density at radius 3 is 1.00 bits per heavy atom. The first-order valence-electron chi connectivity index (χ1n) is 6.24. The molecule has 1 aromatic carbocycles. The minimum absolute atomic E-state index is 0.00681. The van der Waals surface area contributed by atoms with Crippen molar-refractivity contribution in [1.29, 1.82) is 0 Å². The summed E-state index contributed by atoms with van der Waals surface area (Å²) in [5.74, 6) is 0. The van der Waals surface area contributed by atoms with Crippen molar-refractivity contribution in [3.05, 3.63) is 41.8 Å². The molecular weight excluding hydrogens is 652 g/mol. The molecule has 155 valence electrons. The molecule has 0 saturated carbocycles. The molecule has 0 saturated heterocycles. The highest BCUT2D eigenvalue weighted by molar-refractivity contribution is 6.79. The Hall–Kier alpha value is 3.28. The Balaban J connectivity index is 3.71. The van der Waals surface area contributed by atoms with Gasteiger partial charge in [-0.1, -0.05) is 181 Å². The van der Waals surface area contributed by atoms with Gasteiger partial charge in [0.1, 0.15) is 0 Å². The van der Waals surface area contributed by atoms with Crippen LogP contribution < -0.4 is 0 Å². The zero-order valence-electron chi connectivity index (χ0n) is 12.2. The summed E-state index contributed by atoms with van der Waals surface area (Å²) in [5.41, 5.74) is -0.0232. The van der Waals surface area contributed by atoms with Crippen molar-refractivity contribution in [2.75, 3.05) is 0 Å². The molecule has 0 spiro atoms. The molecule has 0 fully saturated rings. The van der Waals surface area contributed by atoms with Gasteiger partial charge in [-0.3, -0.25) is 0 Å². The molecule has 0 heterocycles. The van der Waals surface area contributed by atoms with Crippen LogP contribution in [0.15, 0.2) is 18.2 Å². The first-order valence-corrected chi connectivity index (χ1v) is 11.5. The number of halogens is 14. The highest BCUT2D eigenvalue weighted by Crippen LogP contribution is 2.64. The Kier molecular flexibility index (Phi) is 9.34. The van der Waals surface area contributed by atoms with E-state index in [9.17, 15) is 0 Å². The standard InChI is InChI=1S/C13H5Cl14/c1-5-6(8(14,15)10(18,19)12(22,23)24)3-2-4-7(5)9(16,17)11(20,21)13(25,26)27/h2-4H,1H2. The summed E-state index contributed by atoms with van der Waals surface area (Å²) in [5, 5.41) is 0. The van der Waals surface area contributed by atoms with Crippen molar-refractivity contribution >= 4 is 162 Å². The van der Waals surface area contributed by atoms with Crippen molar-refractivity contribution in [3.8, 4) is 0 Å². The zero-order valence-corrected chi connectivity index (χ0v) is 22.8. The first kappa shape index (κ1) is 28.3. The van der Waals surface area contributed by atoms with Gasteiger partial charge in [0.25, 0.3) is 0 Å². The van der Waals surface area contributed by atoms with E-state index < -0.39 is 24.9 Å². The van der Waals surface area contributed by atoms with Crippen molar-refractivity contribution in [2.45, 2.75) is 24.9 Å². The summed E-state index contributed by atoms with van der Waals surface area (Å²) < 4.78 is -13.7. The molecule has 0 aliphatic carbocycles. The van der Waals surface area contributed by atoms with Crippen molar-refractivity contribution < 1.29 is 0 Å². The Bertz CT molecular complexity index is 638. The highest BCUT2D eigenvalue weighted by atomic mass is 35.6. The summed E-state index contributed by atoms with van der Waals surface area (Å²) >= 11 is 84.8. The van der Waals surface area contributed by atoms with Gasteiger partial charge in [-0.05, 0) is 23.6 Å². The Morgan fingerprint density at radius 2 is 0.778 bits per heavy atom. The number of benzene rings is 1. The predicted octanol–water partition coefficient (Wildman–Crippen LogP) is 10.2. The molecule has 1 radical (unpaired) electrons. The van der Waals surface area contributed by atoms with Crippen LogP contribution in [-0.2, 0) is 8.67 Å². The second-order valence-electron chi connectivity index (χ2n) is 5.12. The molecule has 0 N–H and O–H groups in total. The Labute approximate surface area is 226 Å². The van der Waals surface area contributed by atoms with E-state index in [1.165, 1.54) is 18.2 Å². The molecular formula is C13H5Cl14. The second-order valence-corrected chi connectivity index (χ2v) is 15.0. The summed E-state index contributed by atoms with van der Waals surface area (Å²) in [4.78, 5) is 0. The van der Waals surface area contributed by atoms with Crippen LogP contribution in [0.2, 0.25) is 0 Å². The largest absolute Gasteiger partial charge is 0.226 e. The van der Waals surface area contributed by atoms with Gasteiger partial charge in [0.05, 0.1) is 0 Å². The van der Waals surface area contributed by atoms with Gasteiger partial charge in [0.2, 0.25) is 16.3 Å². The average molecular weight is 658 g/mol. The van der Waals surface area contributed by atoms with E-state index in [4.69, 9.17) is 162 Å². The third kappa shape index (κ3) is 5.11. The van der Waals surface area contributed by atoms with Crippen LogP contribution >= 0.6 is 162 Å². The number of alkyl halides is 14. The topological polar surface area (TPSA) is 0 Å². The maximum Gasteiger partial charge on any atom is 0.226 e. The van der Waals surface area contributed by atoms with Crippen LogP contribution in [0.4, 0.5) is 0 Å². The second kappa shape index (κ2) is 8.90. The summed E-state index contributed by atoms with van der Waals surface area (Å²) in [7, 11) is 0. The third-order valence-electron chi connectivity index (χ3n) is 3.35. The molecule has 0 amide bonds. The number of hydrogen-bond donors (Lipinski definition) is 0. The fourth-order valence-electron chi connectivity index (χ4n) is 1.87. The quantitative estimate of drug-likeness (QED) is 0.283. The van der Waals surface area contributed by atoms with Crippen LogP contribution in [0.1, 0.15) is 16.7 Å². The fraction of sp³-hybridized carbons (Fsp3) is 0.462. The molecule has 27 heavy (non-hydrogen) atoms. The number of rotatable bonds is 4. The molecule has 1 rings (SSSR count). The van der Waals surface area contributed by atoms with E-state index in [1.54, 1.807) is 0 Å². The molecule has 0 bridgehead atoms. The van der Waals surface area contributed by atoms with Gasteiger partial charge >= 0.3 is 0 Å². The van der Waals surface area contributed by atoms with Crippen LogP contribution in [-0.4, -0.2) is 16.3 Å². The lowest BCUT2D eigenvalue weighted by Gasteiger charge is -2.41. The van der Waals surface area contributed by atoms with E-state index in [2.05, 4.69) is 6.92 Å². The molecule has 0 aliphatic heterocycles. The smallest absolute Gasteiger partial charge is 0.0930 e. The van der Waals surface area contributed by atoms with E-state index in [-0.39, 0.29) is 16.7 Å². The molecule has 0 atom stereocenters. The highest BCUT2D eigenvalue weighted by Gasteiger charge is 2.63. The third-order valence-corrected chi connectivity index (χ3v) is 11.2. The molecule has 14 heteroatoms. The summed E-state index contributed by atoms with van der Waals surface area (Å²) in [6.45, 7) is 3.81. The van der Waals surface area contributed by atoms with Crippen molar-refractivity contribution in [3.63, 3.8) is 0 Å².